The average Bonchev–Trinajstić information content (AvgIpc) is 1.93. The third-order valence-electron chi connectivity index (χ3n) is 1.87. The van der Waals surface area contributed by atoms with Gasteiger partial charge in [-0.2, -0.15) is 0 Å². The fourth-order valence-corrected chi connectivity index (χ4v) is 1.42. The van der Waals surface area contributed by atoms with E-state index in [0.717, 1.165) is 12.8 Å². The minimum atomic E-state index is -1.02. The second-order valence-corrected chi connectivity index (χ2v) is 3.00. The molecule has 0 radical (unpaired) electrons. The molecule has 2 unspecified atom stereocenters. The molecule has 0 spiro atoms. The molecule has 0 amide bonds. The van der Waals surface area contributed by atoms with E-state index in [1.165, 1.54) is 0 Å². The van der Waals surface area contributed by atoms with Crippen LogP contribution in [0.5, 0.6) is 0 Å². The van der Waals surface area contributed by atoms with Crippen molar-refractivity contribution in [1.29, 1.82) is 0 Å². The van der Waals surface area contributed by atoms with E-state index in [2.05, 4.69) is 4.74 Å². The Morgan fingerprint density at radius 3 is 2.64 bits per heavy atom. The SMILES string of the molecule is O=C(Cl)OC1CCCCC1F. The van der Waals surface area contributed by atoms with E-state index in [4.69, 9.17) is 11.6 Å². The summed E-state index contributed by atoms with van der Waals surface area (Å²) in [7, 11) is 0. The van der Waals surface area contributed by atoms with E-state index >= 15 is 0 Å². The van der Waals surface area contributed by atoms with Crippen LogP contribution in [0.15, 0.2) is 0 Å². The molecule has 64 valence electrons. The fourth-order valence-electron chi connectivity index (χ4n) is 1.30. The molecule has 1 aliphatic rings. The Morgan fingerprint density at radius 1 is 1.45 bits per heavy atom. The molecule has 0 bridgehead atoms. The highest BCUT2D eigenvalue weighted by molar-refractivity contribution is 6.61. The zero-order chi connectivity index (χ0) is 8.27. The van der Waals surface area contributed by atoms with Crippen molar-refractivity contribution in [2.75, 3.05) is 0 Å². The summed E-state index contributed by atoms with van der Waals surface area (Å²) >= 11 is 4.95. The number of carbonyl (C=O) groups is 1. The number of halogens is 2. The van der Waals surface area contributed by atoms with Crippen molar-refractivity contribution in [3.63, 3.8) is 0 Å². The molecule has 1 aliphatic carbocycles. The highest BCUT2D eigenvalue weighted by Gasteiger charge is 2.27. The first-order valence-electron chi connectivity index (χ1n) is 3.70. The lowest BCUT2D eigenvalue weighted by Gasteiger charge is -2.24. The monoisotopic (exact) mass is 180 g/mol. The Hall–Kier alpha value is -0.310. The predicted octanol–water partition coefficient (Wildman–Crippen LogP) is 2.64. The standard InChI is InChI=1S/C7H10ClFO2/c8-7(10)11-6-4-2-1-3-5(6)9/h5-6H,1-4H2. The molecule has 0 aromatic carbocycles. The Balaban J connectivity index is 2.35. The molecule has 0 heterocycles. The van der Waals surface area contributed by atoms with E-state index in [-0.39, 0.29) is 0 Å². The number of rotatable bonds is 1. The van der Waals surface area contributed by atoms with Crippen molar-refractivity contribution in [2.45, 2.75) is 38.0 Å². The molecular weight excluding hydrogens is 171 g/mol. The van der Waals surface area contributed by atoms with Crippen LogP contribution < -0.4 is 0 Å². The molecule has 1 fully saturated rings. The third kappa shape index (κ3) is 2.66. The summed E-state index contributed by atoms with van der Waals surface area (Å²) < 4.78 is 17.4. The van der Waals surface area contributed by atoms with Gasteiger partial charge in [-0.1, -0.05) is 6.42 Å². The van der Waals surface area contributed by atoms with E-state index in [9.17, 15) is 9.18 Å². The van der Waals surface area contributed by atoms with Crippen LogP contribution in [0, 0.1) is 0 Å². The third-order valence-corrected chi connectivity index (χ3v) is 1.96. The fraction of sp³-hybridized carbons (Fsp3) is 0.857. The maximum atomic E-state index is 12.9. The van der Waals surface area contributed by atoms with Gasteiger partial charge < -0.3 is 4.74 Å². The van der Waals surface area contributed by atoms with Crippen molar-refractivity contribution < 1.29 is 13.9 Å². The molecular formula is C7H10ClFO2. The first kappa shape index (κ1) is 8.78. The van der Waals surface area contributed by atoms with Crippen LogP contribution in [0.1, 0.15) is 25.7 Å². The highest BCUT2D eigenvalue weighted by Crippen LogP contribution is 2.24. The van der Waals surface area contributed by atoms with Crippen LogP contribution in [-0.4, -0.2) is 17.7 Å². The summed E-state index contributed by atoms with van der Waals surface area (Å²) in [6.07, 6.45) is 1.24. The first-order valence-corrected chi connectivity index (χ1v) is 4.08. The lowest BCUT2D eigenvalue weighted by atomic mass is 9.96. The average molecular weight is 181 g/mol. The summed E-state index contributed by atoms with van der Waals surface area (Å²) in [6, 6.07) is 0. The molecule has 0 aliphatic heterocycles. The Kier molecular flexibility index (Phi) is 3.12. The molecule has 0 aromatic rings. The summed E-state index contributed by atoms with van der Waals surface area (Å²) in [5, 5.41) is 0. The molecule has 2 nitrogen and oxygen atoms in total. The molecule has 11 heavy (non-hydrogen) atoms. The molecule has 2 atom stereocenters. The number of hydrogen-bond acceptors (Lipinski definition) is 2. The van der Waals surface area contributed by atoms with Crippen molar-refractivity contribution >= 4 is 17.0 Å². The summed E-state index contributed by atoms with van der Waals surface area (Å²) in [4.78, 5) is 10.2. The maximum absolute atomic E-state index is 12.9. The molecule has 4 heteroatoms. The van der Waals surface area contributed by atoms with Gasteiger partial charge in [0.2, 0.25) is 0 Å². The smallest absolute Gasteiger partial charge is 0.404 e. The van der Waals surface area contributed by atoms with Crippen LogP contribution in [0.4, 0.5) is 9.18 Å². The van der Waals surface area contributed by atoms with E-state index in [1.807, 2.05) is 0 Å². The highest BCUT2D eigenvalue weighted by atomic mass is 35.5. The molecule has 0 N–H and O–H groups in total. The zero-order valence-corrected chi connectivity index (χ0v) is 6.81. The Morgan fingerprint density at radius 2 is 2.09 bits per heavy atom. The first-order chi connectivity index (χ1) is 5.20. The number of hydrogen-bond donors (Lipinski definition) is 0. The minimum absolute atomic E-state index is 0.481. The predicted molar refractivity (Wildman–Crippen MR) is 39.5 cm³/mol. The number of ether oxygens (including phenoxy) is 1. The normalized spacial score (nSPS) is 31.5. The topological polar surface area (TPSA) is 26.3 Å². The van der Waals surface area contributed by atoms with Crippen molar-refractivity contribution in [3.8, 4) is 0 Å². The quantitative estimate of drug-likeness (QED) is 0.580. The minimum Gasteiger partial charge on any atom is -0.447 e. The van der Waals surface area contributed by atoms with Crippen molar-refractivity contribution in [2.24, 2.45) is 0 Å². The van der Waals surface area contributed by atoms with Gasteiger partial charge >= 0.3 is 5.43 Å². The second kappa shape index (κ2) is 3.90. The number of alkyl halides is 1. The largest absolute Gasteiger partial charge is 0.447 e. The summed E-state index contributed by atoms with van der Waals surface area (Å²) in [5.74, 6) is 0. The van der Waals surface area contributed by atoms with Crippen molar-refractivity contribution in [3.05, 3.63) is 0 Å². The number of carbonyl (C=O) groups excluding carboxylic acids is 1. The summed E-state index contributed by atoms with van der Waals surface area (Å²) in [5.41, 5.74) is -0.903. The molecule has 1 rings (SSSR count). The van der Waals surface area contributed by atoms with Gasteiger partial charge in [0, 0.05) is 11.6 Å². The zero-order valence-electron chi connectivity index (χ0n) is 6.06. The Bertz CT molecular complexity index is 151. The van der Waals surface area contributed by atoms with Gasteiger partial charge in [-0.25, -0.2) is 9.18 Å². The van der Waals surface area contributed by atoms with Gasteiger partial charge in [0.15, 0.2) is 0 Å². The van der Waals surface area contributed by atoms with Gasteiger partial charge in [0.05, 0.1) is 0 Å². The van der Waals surface area contributed by atoms with Crippen LogP contribution >= 0.6 is 11.6 Å². The second-order valence-electron chi connectivity index (χ2n) is 2.69. The maximum Gasteiger partial charge on any atom is 0.404 e. The van der Waals surface area contributed by atoms with Gasteiger partial charge in [0.25, 0.3) is 0 Å². The van der Waals surface area contributed by atoms with Crippen LogP contribution in [0.2, 0.25) is 0 Å². The van der Waals surface area contributed by atoms with Crippen LogP contribution in [0.25, 0.3) is 0 Å². The lowest BCUT2D eigenvalue weighted by Crippen LogP contribution is -2.29. The molecule has 0 saturated heterocycles. The van der Waals surface area contributed by atoms with Gasteiger partial charge in [-0.15, -0.1) is 0 Å². The van der Waals surface area contributed by atoms with Gasteiger partial charge in [0.1, 0.15) is 12.3 Å². The van der Waals surface area contributed by atoms with Crippen molar-refractivity contribution in [1.82, 2.24) is 0 Å². The van der Waals surface area contributed by atoms with E-state index < -0.39 is 17.7 Å². The van der Waals surface area contributed by atoms with E-state index in [1.54, 1.807) is 0 Å². The van der Waals surface area contributed by atoms with E-state index in [0.29, 0.717) is 12.8 Å². The lowest BCUT2D eigenvalue weighted by molar-refractivity contribution is 0.0328. The van der Waals surface area contributed by atoms with Crippen LogP contribution in [-0.2, 0) is 4.74 Å². The summed E-state index contributed by atoms with van der Waals surface area (Å²) in [6.45, 7) is 0. The Labute approximate surface area is 69.7 Å². The van der Waals surface area contributed by atoms with Crippen LogP contribution in [0.3, 0.4) is 0 Å². The van der Waals surface area contributed by atoms with Gasteiger partial charge in [-0.05, 0) is 19.3 Å². The molecule has 0 aromatic heterocycles. The van der Waals surface area contributed by atoms with Gasteiger partial charge in [-0.3, -0.25) is 0 Å². The molecule has 1 saturated carbocycles.